The summed E-state index contributed by atoms with van der Waals surface area (Å²) in [6, 6.07) is 0. The fourth-order valence-corrected chi connectivity index (χ4v) is 1.70. The normalized spacial score (nSPS) is 23.3. The summed E-state index contributed by atoms with van der Waals surface area (Å²) in [7, 11) is 0. The van der Waals surface area contributed by atoms with Gasteiger partial charge in [0, 0.05) is 6.54 Å². The summed E-state index contributed by atoms with van der Waals surface area (Å²) in [4.78, 5) is 0. The Balaban J connectivity index is 1.86. The van der Waals surface area contributed by atoms with Crippen LogP contribution in [0.3, 0.4) is 0 Å². The van der Waals surface area contributed by atoms with Crippen molar-refractivity contribution in [3.63, 3.8) is 0 Å². The van der Waals surface area contributed by atoms with Gasteiger partial charge in [0.1, 0.15) is 6.79 Å². The number of thioether (sulfide) groups is 1. The van der Waals surface area contributed by atoms with Gasteiger partial charge in [0.05, 0.1) is 12.7 Å². The van der Waals surface area contributed by atoms with E-state index in [0.29, 0.717) is 12.9 Å². The zero-order chi connectivity index (χ0) is 9.36. The van der Waals surface area contributed by atoms with Gasteiger partial charge in [0.15, 0.2) is 0 Å². The number of hydrogen-bond donors (Lipinski definition) is 1. The molecular formula is C9H19NO2S. The molecule has 0 aliphatic carbocycles. The van der Waals surface area contributed by atoms with Crippen LogP contribution in [0.1, 0.15) is 12.8 Å². The molecule has 1 unspecified atom stereocenters. The van der Waals surface area contributed by atoms with Crippen molar-refractivity contribution in [1.82, 2.24) is 5.32 Å². The van der Waals surface area contributed by atoms with Crippen molar-refractivity contribution in [2.24, 2.45) is 0 Å². The predicted molar refractivity (Wildman–Crippen MR) is 56.2 cm³/mol. The summed E-state index contributed by atoms with van der Waals surface area (Å²) in [6.07, 6.45) is 4.77. The van der Waals surface area contributed by atoms with Crippen molar-refractivity contribution >= 4 is 11.8 Å². The summed E-state index contributed by atoms with van der Waals surface area (Å²) in [5.41, 5.74) is 0. The third-order valence-corrected chi connectivity index (χ3v) is 2.74. The lowest BCUT2D eigenvalue weighted by atomic mass is 10.2. The first-order valence-corrected chi connectivity index (χ1v) is 6.22. The van der Waals surface area contributed by atoms with Gasteiger partial charge in [-0.25, -0.2) is 0 Å². The largest absolute Gasteiger partial charge is 0.355 e. The van der Waals surface area contributed by atoms with Crippen LogP contribution >= 0.6 is 11.8 Å². The highest BCUT2D eigenvalue weighted by Crippen LogP contribution is 2.04. The molecule has 0 aromatic rings. The van der Waals surface area contributed by atoms with E-state index in [1.54, 1.807) is 0 Å². The second-order valence-corrected chi connectivity index (χ2v) is 4.14. The van der Waals surface area contributed by atoms with Crippen molar-refractivity contribution in [3.05, 3.63) is 0 Å². The van der Waals surface area contributed by atoms with Crippen molar-refractivity contribution < 1.29 is 9.47 Å². The minimum Gasteiger partial charge on any atom is -0.355 e. The Morgan fingerprint density at radius 1 is 1.54 bits per heavy atom. The highest BCUT2D eigenvalue weighted by molar-refractivity contribution is 7.98. The van der Waals surface area contributed by atoms with Crippen molar-refractivity contribution in [2.45, 2.75) is 18.9 Å². The van der Waals surface area contributed by atoms with Crippen LogP contribution in [0.4, 0.5) is 0 Å². The van der Waals surface area contributed by atoms with Gasteiger partial charge in [-0.15, -0.1) is 0 Å². The van der Waals surface area contributed by atoms with Crippen molar-refractivity contribution in [2.75, 3.05) is 38.5 Å². The first-order chi connectivity index (χ1) is 6.43. The molecule has 1 heterocycles. The van der Waals surface area contributed by atoms with Gasteiger partial charge in [-0.2, -0.15) is 11.8 Å². The van der Waals surface area contributed by atoms with Crippen LogP contribution in [0.25, 0.3) is 0 Å². The lowest BCUT2D eigenvalue weighted by molar-refractivity contribution is -0.137. The molecule has 0 aromatic heterocycles. The minimum absolute atomic E-state index is 0.364. The van der Waals surface area contributed by atoms with E-state index in [1.165, 1.54) is 12.2 Å². The molecule has 0 radical (unpaired) electrons. The van der Waals surface area contributed by atoms with E-state index in [2.05, 4.69) is 11.6 Å². The second-order valence-electron chi connectivity index (χ2n) is 3.15. The fraction of sp³-hybridized carbons (Fsp3) is 1.00. The lowest BCUT2D eigenvalue weighted by Gasteiger charge is -2.22. The Hall–Kier alpha value is 0.230. The lowest BCUT2D eigenvalue weighted by Crippen LogP contribution is -2.34. The van der Waals surface area contributed by atoms with Crippen LogP contribution in [-0.4, -0.2) is 44.6 Å². The van der Waals surface area contributed by atoms with Gasteiger partial charge in [0.25, 0.3) is 0 Å². The summed E-state index contributed by atoms with van der Waals surface area (Å²) >= 11 is 1.90. The van der Waals surface area contributed by atoms with Gasteiger partial charge >= 0.3 is 0 Å². The van der Waals surface area contributed by atoms with E-state index < -0.39 is 0 Å². The maximum Gasteiger partial charge on any atom is 0.147 e. The molecular weight excluding hydrogens is 186 g/mol. The fourth-order valence-electron chi connectivity index (χ4n) is 1.27. The van der Waals surface area contributed by atoms with Gasteiger partial charge in [-0.1, -0.05) is 0 Å². The van der Waals surface area contributed by atoms with Crippen LogP contribution in [0.15, 0.2) is 0 Å². The highest BCUT2D eigenvalue weighted by Gasteiger charge is 2.12. The van der Waals surface area contributed by atoms with E-state index in [-0.39, 0.29) is 0 Å². The molecule has 1 rings (SSSR count). The molecule has 1 N–H and O–H groups in total. The summed E-state index contributed by atoms with van der Waals surface area (Å²) in [5, 5.41) is 3.40. The molecule has 0 amide bonds. The first kappa shape index (κ1) is 11.3. The molecule has 0 saturated carbocycles. The van der Waals surface area contributed by atoms with Gasteiger partial charge in [-0.05, 0) is 31.4 Å². The number of hydrogen-bond acceptors (Lipinski definition) is 4. The zero-order valence-corrected chi connectivity index (χ0v) is 9.07. The third-order valence-electron chi connectivity index (χ3n) is 2.05. The molecule has 0 spiro atoms. The quantitative estimate of drug-likeness (QED) is 0.658. The SMILES string of the molecule is CSCCCNCC1CCOCO1. The molecule has 0 bridgehead atoms. The molecule has 1 aliphatic heterocycles. The molecule has 1 fully saturated rings. The maximum absolute atomic E-state index is 5.39. The van der Waals surface area contributed by atoms with Gasteiger partial charge in [-0.3, -0.25) is 0 Å². The summed E-state index contributed by atoms with van der Waals surface area (Å²) in [5.74, 6) is 1.24. The zero-order valence-electron chi connectivity index (χ0n) is 8.25. The monoisotopic (exact) mass is 205 g/mol. The average molecular weight is 205 g/mol. The molecule has 78 valence electrons. The smallest absolute Gasteiger partial charge is 0.147 e. The molecule has 4 heteroatoms. The maximum atomic E-state index is 5.39. The van der Waals surface area contributed by atoms with Crippen molar-refractivity contribution in [1.29, 1.82) is 0 Å². The average Bonchev–Trinajstić information content (AvgIpc) is 2.19. The van der Waals surface area contributed by atoms with E-state index in [0.717, 1.165) is 26.1 Å². The van der Waals surface area contributed by atoms with E-state index in [4.69, 9.17) is 9.47 Å². The standard InChI is InChI=1S/C9H19NO2S/c1-13-6-2-4-10-7-9-3-5-11-8-12-9/h9-10H,2-8H2,1H3. The minimum atomic E-state index is 0.364. The van der Waals surface area contributed by atoms with Crippen LogP contribution in [0.5, 0.6) is 0 Å². The number of nitrogens with one attached hydrogen (secondary N) is 1. The second kappa shape index (κ2) is 7.62. The highest BCUT2D eigenvalue weighted by atomic mass is 32.2. The Morgan fingerprint density at radius 2 is 2.46 bits per heavy atom. The van der Waals surface area contributed by atoms with Crippen LogP contribution in [-0.2, 0) is 9.47 Å². The van der Waals surface area contributed by atoms with Crippen LogP contribution in [0, 0.1) is 0 Å². The molecule has 1 atom stereocenters. The topological polar surface area (TPSA) is 30.5 Å². The molecule has 0 aromatic carbocycles. The first-order valence-electron chi connectivity index (χ1n) is 4.82. The van der Waals surface area contributed by atoms with E-state index >= 15 is 0 Å². The van der Waals surface area contributed by atoms with E-state index in [9.17, 15) is 0 Å². The third kappa shape index (κ3) is 5.52. The summed E-state index contributed by atoms with van der Waals surface area (Å²) < 4.78 is 10.5. The summed E-state index contributed by atoms with van der Waals surface area (Å²) in [6.45, 7) is 3.38. The predicted octanol–water partition coefficient (Wildman–Crippen LogP) is 1.09. The molecule has 13 heavy (non-hydrogen) atoms. The van der Waals surface area contributed by atoms with Crippen LogP contribution in [0.2, 0.25) is 0 Å². The van der Waals surface area contributed by atoms with E-state index in [1.807, 2.05) is 11.8 Å². The van der Waals surface area contributed by atoms with Crippen LogP contribution < -0.4 is 5.32 Å². The van der Waals surface area contributed by atoms with Gasteiger partial charge < -0.3 is 14.8 Å². The van der Waals surface area contributed by atoms with Gasteiger partial charge in [0.2, 0.25) is 0 Å². The molecule has 3 nitrogen and oxygen atoms in total. The molecule has 1 saturated heterocycles. The number of ether oxygens (including phenoxy) is 2. The Kier molecular flexibility index (Phi) is 6.62. The Labute approximate surface area is 84.6 Å². The number of rotatable bonds is 6. The Morgan fingerprint density at radius 3 is 3.15 bits per heavy atom. The molecule has 1 aliphatic rings. The Bertz CT molecular complexity index is 118. The van der Waals surface area contributed by atoms with Crippen molar-refractivity contribution in [3.8, 4) is 0 Å².